The van der Waals surface area contributed by atoms with E-state index in [9.17, 15) is 0 Å². The van der Waals surface area contributed by atoms with Gasteiger partial charge < -0.3 is 0 Å². The molecule has 0 aliphatic carbocycles. The zero-order valence-corrected chi connectivity index (χ0v) is 21.6. The highest BCUT2D eigenvalue weighted by Crippen LogP contribution is 2.40. The third kappa shape index (κ3) is 3.63. The normalized spacial score (nSPS) is 11.5. The fraction of sp³-hybridized carbons (Fsp3) is 0. The Labute approximate surface area is 231 Å². The molecule has 3 nitrogen and oxygen atoms in total. The van der Waals surface area contributed by atoms with Crippen molar-refractivity contribution in [2.75, 3.05) is 0 Å². The van der Waals surface area contributed by atoms with Crippen molar-refractivity contribution in [1.82, 2.24) is 15.0 Å². The van der Waals surface area contributed by atoms with Crippen molar-refractivity contribution in [1.29, 1.82) is 0 Å². The van der Waals surface area contributed by atoms with Gasteiger partial charge in [-0.25, -0.2) is 9.97 Å². The average molecular weight is 510 g/mol. The van der Waals surface area contributed by atoms with Gasteiger partial charge in [0.1, 0.15) is 0 Å². The Bertz CT molecular complexity index is 2140. The molecule has 40 heavy (non-hydrogen) atoms. The van der Waals surface area contributed by atoms with Crippen LogP contribution < -0.4 is 0 Å². The zero-order chi connectivity index (χ0) is 26.5. The van der Waals surface area contributed by atoms with Crippen LogP contribution in [-0.2, 0) is 0 Å². The van der Waals surface area contributed by atoms with Crippen molar-refractivity contribution in [3.8, 4) is 45.0 Å². The second-order valence-electron chi connectivity index (χ2n) is 10.1. The van der Waals surface area contributed by atoms with Crippen LogP contribution in [0.15, 0.2) is 140 Å². The molecule has 0 amide bonds. The smallest absolute Gasteiger partial charge is 0.161 e. The summed E-state index contributed by atoms with van der Waals surface area (Å²) in [5.74, 6) is 0.703. The van der Waals surface area contributed by atoms with E-state index >= 15 is 0 Å². The highest BCUT2D eigenvalue weighted by Gasteiger charge is 2.17. The van der Waals surface area contributed by atoms with Crippen molar-refractivity contribution in [3.63, 3.8) is 0 Å². The summed E-state index contributed by atoms with van der Waals surface area (Å²) < 4.78 is 0. The number of hydrogen-bond acceptors (Lipinski definition) is 3. The maximum Gasteiger partial charge on any atom is 0.161 e. The highest BCUT2D eigenvalue weighted by molar-refractivity contribution is 6.25. The van der Waals surface area contributed by atoms with Gasteiger partial charge in [0, 0.05) is 29.1 Å². The Hall–Kier alpha value is -5.41. The molecule has 3 heteroatoms. The molecule has 0 aliphatic heterocycles. The summed E-state index contributed by atoms with van der Waals surface area (Å²) >= 11 is 0. The lowest BCUT2D eigenvalue weighted by molar-refractivity contribution is 1.18. The van der Waals surface area contributed by atoms with Crippen LogP contribution in [0.1, 0.15) is 0 Å². The summed E-state index contributed by atoms with van der Waals surface area (Å²) in [6.45, 7) is 0. The molecule has 2 aromatic heterocycles. The monoisotopic (exact) mass is 509 g/mol. The van der Waals surface area contributed by atoms with Crippen LogP contribution in [-0.4, -0.2) is 15.0 Å². The SMILES string of the molecule is c1ccc(-c2cc(-c3ccc4ccc5cccc6ccc3c4c56)nc(-c3ccccc3-c3ccncc3)n2)cc1. The Morgan fingerprint density at radius 3 is 1.85 bits per heavy atom. The lowest BCUT2D eigenvalue weighted by atomic mass is 9.91. The number of aromatic nitrogens is 3. The summed E-state index contributed by atoms with van der Waals surface area (Å²) in [4.78, 5) is 14.6. The Morgan fingerprint density at radius 2 is 1.05 bits per heavy atom. The lowest BCUT2D eigenvalue weighted by Crippen LogP contribution is -1.98. The van der Waals surface area contributed by atoms with Gasteiger partial charge in [0.25, 0.3) is 0 Å². The van der Waals surface area contributed by atoms with E-state index in [0.717, 1.165) is 39.2 Å². The number of pyridine rings is 1. The fourth-order valence-electron chi connectivity index (χ4n) is 5.88. The maximum absolute atomic E-state index is 5.24. The molecule has 0 fully saturated rings. The van der Waals surface area contributed by atoms with Crippen molar-refractivity contribution >= 4 is 32.3 Å². The molecule has 6 aromatic carbocycles. The summed E-state index contributed by atoms with van der Waals surface area (Å²) in [6.07, 6.45) is 3.65. The van der Waals surface area contributed by atoms with E-state index in [2.05, 4.69) is 114 Å². The van der Waals surface area contributed by atoms with Crippen LogP contribution in [0.5, 0.6) is 0 Å². The molecule has 0 radical (unpaired) electrons. The van der Waals surface area contributed by atoms with Crippen LogP contribution in [0.2, 0.25) is 0 Å². The third-order valence-electron chi connectivity index (χ3n) is 7.76. The minimum absolute atomic E-state index is 0.703. The lowest BCUT2D eigenvalue weighted by Gasteiger charge is -2.16. The van der Waals surface area contributed by atoms with Crippen LogP contribution in [0.25, 0.3) is 77.3 Å². The molecule has 2 heterocycles. The highest BCUT2D eigenvalue weighted by atomic mass is 14.9. The first-order chi connectivity index (χ1) is 19.8. The molecule has 0 saturated carbocycles. The molecule has 0 unspecified atom stereocenters. The van der Waals surface area contributed by atoms with E-state index in [-0.39, 0.29) is 0 Å². The van der Waals surface area contributed by atoms with Gasteiger partial charge in [-0.1, -0.05) is 109 Å². The standard InChI is InChI=1S/C37H23N3/c1-2-7-25(8-3-1)33-23-34(40-37(39-33)32-12-5-4-11-29(32)24-19-21-38-22-20-24)30-17-15-28-14-13-26-9-6-10-27-16-18-31(30)36(28)35(26)27/h1-23H. The van der Waals surface area contributed by atoms with Gasteiger partial charge in [0.05, 0.1) is 11.4 Å². The van der Waals surface area contributed by atoms with Crippen LogP contribution in [0.3, 0.4) is 0 Å². The van der Waals surface area contributed by atoms with Crippen molar-refractivity contribution in [3.05, 3.63) is 140 Å². The largest absolute Gasteiger partial charge is 0.265 e. The second-order valence-corrected chi connectivity index (χ2v) is 10.1. The first kappa shape index (κ1) is 22.6. The second kappa shape index (κ2) is 9.11. The molecule has 8 rings (SSSR count). The fourth-order valence-corrected chi connectivity index (χ4v) is 5.88. The zero-order valence-electron chi connectivity index (χ0n) is 21.6. The van der Waals surface area contributed by atoms with Gasteiger partial charge in [0.15, 0.2) is 5.82 Å². The van der Waals surface area contributed by atoms with E-state index < -0.39 is 0 Å². The van der Waals surface area contributed by atoms with E-state index in [0.29, 0.717) is 5.82 Å². The molecule has 8 aromatic rings. The Morgan fingerprint density at radius 1 is 0.400 bits per heavy atom. The molecule has 0 aliphatic rings. The van der Waals surface area contributed by atoms with Crippen molar-refractivity contribution in [2.45, 2.75) is 0 Å². The molecule has 186 valence electrons. The van der Waals surface area contributed by atoms with Crippen molar-refractivity contribution in [2.24, 2.45) is 0 Å². The van der Waals surface area contributed by atoms with Gasteiger partial charge in [-0.2, -0.15) is 0 Å². The van der Waals surface area contributed by atoms with E-state index in [1.54, 1.807) is 0 Å². The minimum Gasteiger partial charge on any atom is -0.265 e. The minimum atomic E-state index is 0.703. The molecule has 0 spiro atoms. The molecular weight excluding hydrogens is 486 g/mol. The number of benzene rings is 6. The van der Waals surface area contributed by atoms with Crippen LogP contribution in [0, 0.1) is 0 Å². The quantitative estimate of drug-likeness (QED) is 0.222. The molecule has 0 N–H and O–H groups in total. The average Bonchev–Trinajstić information content (AvgIpc) is 3.04. The molecule has 0 atom stereocenters. The van der Waals surface area contributed by atoms with Gasteiger partial charge in [-0.05, 0) is 61.6 Å². The third-order valence-corrected chi connectivity index (χ3v) is 7.76. The first-order valence-electron chi connectivity index (χ1n) is 13.4. The van der Waals surface area contributed by atoms with Gasteiger partial charge in [-0.3, -0.25) is 4.98 Å². The molecule has 0 bridgehead atoms. The summed E-state index contributed by atoms with van der Waals surface area (Å²) in [5.41, 5.74) is 7.13. The van der Waals surface area contributed by atoms with E-state index in [1.165, 1.54) is 32.3 Å². The Balaban J connectivity index is 1.42. The van der Waals surface area contributed by atoms with E-state index in [1.807, 2.05) is 30.6 Å². The Kier molecular flexibility index (Phi) is 5.14. The van der Waals surface area contributed by atoms with Crippen LogP contribution >= 0.6 is 0 Å². The molecular formula is C37H23N3. The summed E-state index contributed by atoms with van der Waals surface area (Å²) in [5, 5.41) is 7.54. The number of hydrogen-bond donors (Lipinski definition) is 0. The number of nitrogens with zero attached hydrogens (tertiary/aromatic N) is 3. The van der Waals surface area contributed by atoms with E-state index in [4.69, 9.17) is 9.97 Å². The summed E-state index contributed by atoms with van der Waals surface area (Å²) in [7, 11) is 0. The predicted molar refractivity (Wildman–Crippen MR) is 165 cm³/mol. The van der Waals surface area contributed by atoms with Gasteiger partial charge in [0.2, 0.25) is 0 Å². The maximum atomic E-state index is 5.24. The van der Waals surface area contributed by atoms with Gasteiger partial charge in [-0.15, -0.1) is 0 Å². The van der Waals surface area contributed by atoms with Crippen molar-refractivity contribution < 1.29 is 0 Å². The topological polar surface area (TPSA) is 38.7 Å². The summed E-state index contributed by atoms with van der Waals surface area (Å²) in [6, 6.07) is 44.7. The van der Waals surface area contributed by atoms with Gasteiger partial charge >= 0.3 is 0 Å². The number of rotatable bonds is 4. The molecule has 0 saturated heterocycles. The predicted octanol–water partition coefficient (Wildman–Crippen LogP) is 9.44. The van der Waals surface area contributed by atoms with Crippen LogP contribution in [0.4, 0.5) is 0 Å². The first-order valence-corrected chi connectivity index (χ1v) is 13.4.